The zero-order valence-electron chi connectivity index (χ0n) is 14.3. The average Bonchev–Trinajstić information content (AvgIpc) is 2.69. The molecule has 0 atom stereocenters. The van der Waals surface area contributed by atoms with Crippen molar-refractivity contribution in [3.63, 3.8) is 0 Å². The highest BCUT2D eigenvalue weighted by Gasteiger charge is 2.16. The number of Topliss-reactive ketones (excluding diaryl/α,β-unsaturated/α-hetero) is 1. The molecule has 3 aromatic rings. The summed E-state index contributed by atoms with van der Waals surface area (Å²) in [5.74, 6) is 0.389. The molecule has 0 amide bonds. The number of carbonyl (C=O) groups is 2. The number of rotatable bonds is 6. The molecule has 4 nitrogen and oxygen atoms in total. The number of ketones is 1. The zero-order chi connectivity index (χ0) is 18.4. The molecule has 0 fully saturated rings. The van der Waals surface area contributed by atoms with E-state index in [2.05, 4.69) is 0 Å². The van der Waals surface area contributed by atoms with Crippen molar-refractivity contribution in [2.75, 3.05) is 7.11 Å². The van der Waals surface area contributed by atoms with Gasteiger partial charge in [0, 0.05) is 6.42 Å². The number of ether oxygens (including phenoxy) is 2. The second-order valence-electron chi connectivity index (χ2n) is 5.70. The quantitative estimate of drug-likeness (QED) is 0.378. The third kappa shape index (κ3) is 4.16. The van der Waals surface area contributed by atoms with Crippen molar-refractivity contribution in [3.05, 3.63) is 95.6 Å². The normalized spacial score (nSPS) is 10.2. The molecule has 0 saturated heterocycles. The molecular weight excluding hydrogens is 328 g/mol. The van der Waals surface area contributed by atoms with Gasteiger partial charge in [-0.3, -0.25) is 4.79 Å². The van der Waals surface area contributed by atoms with Gasteiger partial charge in [0.25, 0.3) is 0 Å². The zero-order valence-corrected chi connectivity index (χ0v) is 14.3. The molecule has 0 spiro atoms. The van der Waals surface area contributed by atoms with E-state index >= 15 is 0 Å². The first kappa shape index (κ1) is 17.4. The van der Waals surface area contributed by atoms with Crippen molar-refractivity contribution in [2.45, 2.75) is 6.42 Å². The van der Waals surface area contributed by atoms with Gasteiger partial charge in [-0.05, 0) is 42.0 Å². The standard InChI is InChI=1S/C22H18O4/c1-25-18-13-11-16(12-14-18)15-20(23)19-9-5-6-10-21(19)26-22(24)17-7-3-2-4-8-17/h2-14H,15H2,1H3. The second-order valence-corrected chi connectivity index (χ2v) is 5.70. The van der Waals surface area contributed by atoms with Crippen molar-refractivity contribution in [2.24, 2.45) is 0 Å². The summed E-state index contributed by atoms with van der Waals surface area (Å²) in [4.78, 5) is 25.0. The molecule has 3 rings (SSSR count). The smallest absolute Gasteiger partial charge is 0.343 e. The Hall–Kier alpha value is -3.40. The van der Waals surface area contributed by atoms with Gasteiger partial charge in [-0.15, -0.1) is 0 Å². The van der Waals surface area contributed by atoms with Crippen LogP contribution in [0.25, 0.3) is 0 Å². The van der Waals surface area contributed by atoms with E-state index in [1.54, 1.807) is 55.6 Å². The van der Waals surface area contributed by atoms with Gasteiger partial charge in [-0.1, -0.05) is 42.5 Å². The van der Waals surface area contributed by atoms with E-state index in [0.29, 0.717) is 11.1 Å². The molecule has 26 heavy (non-hydrogen) atoms. The lowest BCUT2D eigenvalue weighted by Gasteiger charge is -2.10. The number of benzene rings is 3. The van der Waals surface area contributed by atoms with Crippen molar-refractivity contribution in [3.8, 4) is 11.5 Å². The number of hydrogen-bond donors (Lipinski definition) is 0. The van der Waals surface area contributed by atoms with E-state index in [-0.39, 0.29) is 18.0 Å². The van der Waals surface area contributed by atoms with Gasteiger partial charge in [0.05, 0.1) is 18.2 Å². The number of methoxy groups -OCH3 is 1. The van der Waals surface area contributed by atoms with Crippen LogP contribution in [0.2, 0.25) is 0 Å². The highest BCUT2D eigenvalue weighted by Crippen LogP contribution is 2.22. The minimum Gasteiger partial charge on any atom is -0.497 e. The molecule has 0 radical (unpaired) electrons. The van der Waals surface area contributed by atoms with Crippen LogP contribution in [0.15, 0.2) is 78.9 Å². The number of hydrogen-bond acceptors (Lipinski definition) is 4. The predicted octanol–water partition coefficient (Wildman–Crippen LogP) is 4.34. The molecule has 0 aliphatic carbocycles. The van der Waals surface area contributed by atoms with Crippen LogP contribution in [0.3, 0.4) is 0 Å². The minimum absolute atomic E-state index is 0.119. The fraction of sp³-hybridized carbons (Fsp3) is 0.0909. The van der Waals surface area contributed by atoms with Gasteiger partial charge >= 0.3 is 5.97 Å². The molecule has 0 saturated carbocycles. The summed E-state index contributed by atoms with van der Waals surface area (Å²) >= 11 is 0. The fourth-order valence-electron chi connectivity index (χ4n) is 2.54. The number of para-hydroxylation sites is 1. The summed E-state index contributed by atoms with van der Waals surface area (Å²) < 4.78 is 10.6. The van der Waals surface area contributed by atoms with E-state index in [1.807, 2.05) is 30.3 Å². The van der Waals surface area contributed by atoms with E-state index in [4.69, 9.17) is 9.47 Å². The lowest BCUT2D eigenvalue weighted by Crippen LogP contribution is -2.12. The van der Waals surface area contributed by atoms with E-state index in [1.165, 1.54) is 0 Å². The SMILES string of the molecule is COc1ccc(CC(=O)c2ccccc2OC(=O)c2ccccc2)cc1. The van der Waals surface area contributed by atoms with Gasteiger partial charge in [-0.25, -0.2) is 4.79 Å². The van der Waals surface area contributed by atoms with Crippen LogP contribution in [-0.4, -0.2) is 18.9 Å². The van der Waals surface area contributed by atoms with Crippen molar-refractivity contribution >= 4 is 11.8 Å². The van der Waals surface area contributed by atoms with Gasteiger partial charge in [0.1, 0.15) is 11.5 Å². The summed E-state index contributed by atoms with van der Waals surface area (Å²) in [7, 11) is 1.59. The number of carbonyl (C=O) groups excluding carboxylic acids is 2. The Morgan fingerprint density at radius 1 is 0.808 bits per heavy atom. The van der Waals surface area contributed by atoms with E-state index < -0.39 is 5.97 Å². The Bertz CT molecular complexity index is 899. The fourth-order valence-corrected chi connectivity index (χ4v) is 2.54. The van der Waals surface area contributed by atoms with Crippen LogP contribution < -0.4 is 9.47 Å². The third-order valence-electron chi connectivity index (χ3n) is 3.92. The Balaban J connectivity index is 1.77. The molecule has 0 bridgehead atoms. The Morgan fingerprint density at radius 3 is 2.15 bits per heavy atom. The Labute approximate surface area is 152 Å². The topological polar surface area (TPSA) is 52.6 Å². The monoisotopic (exact) mass is 346 g/mol. The minimum atomic E-state index is -0.490. The molecule has 0 aromatic heterocycles. The summed E-state index contributed by atoms with van der Waals surface area (Å²) in [6.07, 6.45) is 0.212. The molecule has 0 N–H and O–H groups in total. The first-order chi connectivity index (χ1) is 12.7. The second kappa shape index (κ2) is 8.12. The molecule has 0 heterocycles. The molecule has 4 heteroatoms. The third-order valence-corrected chi connectivity index (χ3v) is 3.92. The lowest BCUT2D eigenvalue weighted by atomic mass is 10.0. The first-order valence-corrected chi connectivity index (χ1v) is 8.20. The van der Waals surface area contributed by atoms with E-state index in [9.17, 15) is 9.59 Å². The average molecular weight is 346 g/mol. The van der Waals surface area contributed by atoms with Crippen LogP contribution in [0.5, 0.6) is 11.5 Å². The molecule has 130 valence electrons. The van der Waals surface area contributed by atoms with Crippen LogP contribution in [0.1, 0.15) is 26.3 Å². The maximum atomic E-state index is 12.7. The van der Waals surface area contributed by atoms with Crippen LogP contribution in [0, 0.1) is 0 Å². The summed E-state index contributed by atoms with van der Waals surface area (Å²) in [6.45, 7) is 0. The highest BCUT2D eigenvalue weighted by molar-refractivity contribution is 6.01. The van der Waals surface area contributed by atoms with Crippen LogP contribution in [-0.2, 0) is 6.42 Å². The Kier molecular flexibility index (Phi) is 5.44. The Morgan fingerprint density at radius 2 is 1.46 bits per heavy atom. The van der Waals surface area contributed by atoms with Crippen LogP contribution in [0.4, 0.5) is 0 Å². The van der Waals surface area contributed by atoms with Crippen molar-refractivity contribution in [1.29, 1.82) is 0 Å². The first-order valence-electron chi connectivity index (χ1n) is 8.20. The van der Waals surface area contributed by atoms with Crippen molar-refractivity contribution < 1.29 is 19.1 Å². The molecule has 0 aliphatic heterocycles. The molecule has 0 aliphatic rings. The maximum Gasteiger partial charge on any atom is 0.343 e. The molecule has 3 aromatic carbocycles. The summed E-state index contributed by atoms with van der Waals surface area (Å²) in [6, 6.07) is 22.8. The van der Waals surface area contributed by atoms with Gasteiger partial charge in [-0.2, -0.15) is 0 Å². The summed E-state index contributed by atoms with van der Waals surface area (Å²) in [5.41, 5.74) is 1.68. The van der Waals surface area contributed by atoms with Gasteiger partial charge in [0.2, 0.25) is 0 Å². The highest BCUT2D eigenvalue weighted by atomic mass is 16.5. The lowest BCUT2D eigenvalue weighted by molar-refractivity contribution is 0.0732. The number of esters is 1. The van der Waals surface area contributed by atoms with Gasteiger partial charge < -0.3 is 9.47 Å². The summed E-state index contributed by atoms with van der Waals surface area (Å²) in [5, 5.41) is 0. The molecule has 0 unspecified atom stereocenters. The molecular formula is C22H18O4. The van der Waals surface area contributed by atoms with Gasteiger partial charge in [0.15, 0.2) is 5.78 Å². The van der Waals surface area contributed by atoms with Crippen molar-refractivity contribution in [1.82, 2.24) is 0 Å². The van der Waals surface area contributed by atoms with E-state index in [0.717, 1.165) is 11.3 Å². The maximum absolute atomic E-state index is 12.7. The predicted molar refractivity (Wildman–Crippen MR) is 98.9 cm³/mol. The van der Waals surface area contributed by atoms with Crippen LogP contribution >= 0.6 is 0 Å². The largest absolute Gasteiger partial charge is 0.497 e.